The maximum Gasteiger partial charge on any atom is 0.244 e. The quantitative estimate of drug-likeness (QED) is 0.379. The van der Waals surface area contributed by atoms with Crippen LogP contribution in [0.25, 0.3) is 21.5 Å². The van der Waals surface area contributed by atoms with Crippen LogP contribution in [0.4, 0.5) is 16.5 Å². The highest BCUT2D eigenvalue weighted by atomic mass is 32.2. The zero-order valence-electron chi connectivity index (χ0n) is 19.1. The number of anilines is 3. The molecule has 1 aliphatic heterocycles. The largest absolute Gasteiger partial charge is 0.375 e. The Kier molecular flexibility index (Phi) is 6.73. The van der Waals surface area contributed by atoms with E-state index < -0.39 is 15.8 Å². The number of carbonyl (C=O) groups excluding carboxylic acids is 2. The van der Waals surface area contributed by atoms with Gasteiger partial charge in [-0.2, -0.15) is 0 Å². The predicted octanol–water partition coefficient (Wildman–Crippen LogP) is 3.80. The number of nitrogens with zero attached hydrogens (tertiary/aromatic N) is 3. The summed E-state index contributed by atoms with van der Waals surface area (Å²) < 4.78 is 24.7. The van der Waals surface area contributed by atoms with Gasteiger partial charge >= 0.3 is 0 Å². The van der Waals surface area contributed by atoms with Crippen LogP contribution in [0.2, 0.25) is 0 Å². The fraction of sp³-hybridized carbons (Fsp3) is 0.250. The van der Waals surface area contributed by atoms with Crippen LogP contribution in [0.15, 0.2) is 53.4 Å². The molecule has 36 heavy (non-hydrogen) atoms. The number of thiazole rings is 2. The number of carbonyl (C=O) groups is 2. The summed E-state index contributed by atoms with van der Waals surface area (Å²) >= 11 is 2.85. The van der Waals surface area contributed by atoms with Crippen LogP contribution >= 0.6 is 22.7 Å². The Morgan fingerprint density at radius 1 is 1.08 bits per heavy atom. The van der Waals surface area contributed by atoms with Crippen molar-refractivity contribution in [3.05, 3.63) is 53.4 Å². The molecular weight excluding hydrogens is 518 g/mol. The normalized spacial score (nSPS) is 15.6. The van der Waals surface area contributed by atoms with Crippen LogP contribution in [-0.2, 0) is 19.4 Å². The SMILES string of the molecule is Nc1nc(-c2ccc(NC(=O)CN(C(=O)C3CCS(=O)(=O)CC3)c3ccc4scnc4c3)cc2)cs1. The second kappa shape index (κ2) is 9.96. The molecule has 0 unspecified atom stereocenters. The maximum absolute atomic E-state index is 13.5. The lowest BCUT2D eigenvalue weighted by Gasteiger charge is -2.29. The van der Waals surface area contributed by atoms with Gasteiger partial charge in [-0.15, -0.1) is 22.7 Å². The Morgan fingerprint density at radius 3 is 2.53 bits per heavy atom. The lowest BCUT2D eigenvalue weighted by molar-refractivity contribution is -0.124. The third kappa shape index (κ3) is 5.40. The van der Waals surface area contributed by atoms with E-state index in [9.17, 15) is 18.0 Å². The van der Waals surface area contributed by atoms with Gasteiger partial charge in [-0.1, -0.05) is 12.1 Å². The predicted molar refractivity (Wildman–Crippen MR) is 144 cm³/mol. The van der Waals surface area contributed by atoms with Crippen molar-refractivity contribution in [1.82, 2.24) is 9.97 Å². The van der Waals surface area contributed by atoms with E-state index >= 15 is 0 Å². The summed E-state index contributed by atoms with van der Waals surface area (Å²) in [5.74, 6) is -1.13. The molecule has 0 saturated carbocycles. The Balaban J connectivity index is 1.34. The molecule has 5 rings (SSSR count). The molecule has 2 amide bonds. The number of aromatic nitrogens is 2. The molecule has 0 aliphatic carbocycles. The van der Waals surface area contributed by atoms with E-state index in [1.807, 2.05) is 23.6 Å². The average Bonchev–Trinajstić information content (AvgIpc) is 3.51. The van der Waals surface area contributed by atoms with Gasteiger partial charge < -0.3 is 16.0 Å². The highest BCUT2D eigenvalue weighted by Gasteiger charge is 2.33. The molecule has 2 aromatic heterocycles. The van der Waals surface area contributed by atoms with Crippen molar-refractivity contribution in [2.45, 2.75) is 12.8 Å². The molecule has 0 radical (unpaired) electrons. The third-order valence-corrected chi connectivity index (χ3v) is 9.28. The third-order valence-electron chi connectivity index (χ3n) is 6.08. The highest BCUT2D eigenvalue weighted by Crippen LogP contribution is 2.29. The van der Waals surface area contributed by atoms with Gasteiger partial charge in [0.25, 0.3) is 0 Å². The van der Waals surface area contributed by atoms with Gasteiger partial charge in [0, 0.05) is 28.2 Å². The molecule has 1 fully saturated rings. The van der Waals surface area contributed by atoms with Crippen molar-refractivity contribution < 1.29 is 18.0 Å². The molecule has 0 bridgehead atoms. The fourth-order valence-electron chi connectivity index (χ4n) is 4.16. The van der Waals surface area contributed by atoms with Gasteiger partial charge in [0.1, 0.15) is 16.4 Å². The number of hydrogen-bond acceptors (Lipinski definition) is 9. The Morgan fingerprint density at radius 2 is 1.83 bits per heavy atom. The van der Waals surface area contributed by atoms with E-state index in [4.69, 9.17) is 5.73 Å². The maximum atomic E-state index is 13.5. The zero-order valence-corrected chi connectivity index (χ0v) is 21.5. The number of nitrogens with two attached hydrogens (primary N) is 1. The second-order valence-electron chi connectivity index (χ2n) is 8.55. The van der Waals surface area contributed by atoms with Gasteiger partial charge in [-0.25, -0.2) is 18.4 Å². The second-order valence-corrected chi connectivity index (χ2v) is 12.6. The summed E-state index contributed by atoms with van der Waals surface area (Å²) in [5.41, 5.74) is 10.9. The highest BCUT2D eigenvalue weighted by molar-refractivity contribution is 7.91. The van der Waals surface area contributed by atoms with Crippen molar-refractivity contribution in [2.75, 3.05) is 34.0 Å². The van der Waals surface area contributed by atoms with Crippen molar-refractivity contribution in [3.63, 3.8) is 0 Å². The van der Waals surface area contributed by atoms with Crippen molar-refractivity contribution in [3.8, 4) is 11.3 Å². The van der Waals surface area contributed by atoms with Crippen LogP contribution in [0.3, 0.4) is 0 Å². The first kappa shape index (κ1) is 24.3. The summed E-state index contributed by atoms with van der Waals surface area (Å²) in [5, 5.41) is 5.19. The zero-order chi connectivity index (χ0) is 25.3. The first-order chi connectivity index (χ1) is 17.3. The molecule has 1 aliphatic rings. The Hall–Kier alpha value is -3.35. The van der Waals surface area contributed by atoms with Crippen molar-refractivity contribution in [1.29, 1.82) is 0 Å². The van der Waals surface area contributed by atoms with Crippen LogP contribution in [0.5, 0.6) is 0 Å². The molecule has 1 saturated heterocycles. The number of hydrogen-bond donors (Lipinski definition) is 2. The van der Waals surface area contributed by atoms with E-state index in [0.717, 1.165) is 21.5 Å². The fourth-order valence-corrected chi connectivity index (χ4v) is 6.88. The number of sulfone groups is 1. The van der Waals surface area contributed by atoms with E-state index in [2.05, 4.69) is 15.3 Å². The molecule has 4 aromatic rings. The number of benzene rings is 2. The van der Waals surface area contributed by atoms with Crippen molar-refractivity contribution in [2.24, 2.45) is 5.92 Å². The van der Waals surface area contributed by atoms with Crippen molar-refractivity contribution >= 4 is 71.0 Å². The van der Waals surface area contributed by atoms with Crippen LogP contribution < -0.4 is 16.0 Å². The summed E-state index contributed by atoms with van der Waals surface area (Å²) in [6.45, 7) is -0.206. The first-order valence-corrected chi connectivity index (χ1v) is 14.8. The standard InChI is InChI=1S/C24H23N5O4S3/c25-24-28-20(13-34-24)15-1-3-17(4-2-15)27-22(30)12-29(18-5-6-21-19(11-18)26-14-35-21)23(31)16-7-9-36(32,33)10-8-16/h1-6,11,13-14,16H,7-10,12H2,(H2,25,28)(H,27,30). The minimum Gasteiger partial charge on any atom is -0.375 e. The molecule has 0 atom stereocenters. The number of rotatable bonds is 6. The molecule has 9 nitrogen and oxygen atoms in total. The monoisotopic (exact) mass is 541 g/mol. The van der Waals surface area contributed by atoms with E-state index in [-0.39, 0.29) is 42.7 Å². The summed E-state index contributed by atoms with van der Waals surface area (Å²) in [4.78, 5) is 36.5. The number of amides is 2. The van der Waals surface area contributed by atoms with Gasteiger partial charge in [-0.3, -0.25) is 9.59 Å². The Labute approximate surface area is 215 Å². The first-order valence-electron chi connectivity index (χ1n) is 11.2. The van der Waals surface area contributed by atoms with Crippen LogP contribution in [0, 0.1) is 5.92 Å². The number of fused-ring (bicyclic) bond motifs is 1. The molecule has 2 aromatic carbocycles. The van der Waals surface area contributed by atoms with Gasteiger partial charge in [0.05, 0.1) is 32.9 Å². The molecule has 186 valence electrons. The molecular formula is C24H23N5O4S3. The van der Waals surface area contributed by atoms with E-state index in [1.165, 1.54) is 27.6 Å². The van der Waals surface area contributed by atoms with Crippen LogP contribution in [0.1, 0.15) is 12.8 Å². The molecule has 3 N–H and O–H groups in total. The van der Waals surface area contributed by atoms with Gasteiger partial charge in [-0.05, 0) is 43.2 Å². The number of nitrogens with one attached hydrogen (secondary N) is 1. The molecule has 12 heteroatoms. The smallest absolute Gasteiger partial charge is 0.244 e. The van der Waals surface area contributed by atoms with Crippen LogP contribution in [-0.4, -0.2) is 48.3 Å². The minimum absolute atomic E-state index is 0.0223. The minimum atomic E-state index is -3.12. The molecule has 0 spiro atoms. The van der Waals surface area contributed by atoms with Gasteiger partial charge in [0.15, 0.2) is 5.13 Å². The number of nitrogen functional groups attached to an aromatic ring is 1. The van der Waals surface area contributed by atoms with E-state index in [1.54, 1.807) is 29.8 Å². The summed E-state index contributed by atoms with van der Waals surface area (Å²) in [7, 11) is -3.12. The molecule has 3 heterocycles. The lowest BCUT2D eigenvalue weighted by Crippen LogP contribution is -2.43. The summed E-state index contributed by atoms with van der Waals surface area (Å²) in [6.07, 6.45) is 0.502. The van der Waals surface area contributed by atoms with E-state index in [0.29, 0.717) is 16.5 Å². The topological polar surface area (TPSA) is 135 Å². The average molecular weight is 542 g/mol. The summed E-state index contributed by atoms with van der Waals surface area (Å²) in [6, 6.07) is 12.7. The van der Waals surface area contributed by atoms with Gasteiger partial charge in [0.2, 0.25) is 11.8 Å². The Bertz CT molecular complexity index is 1510. The lowest BCUT2D eigenvalue weighted by atomic mass is 10.0.